The Morgan fingerprint density at radius 3 is 2.89 bits per heavy atom. The van der Waals surface area contributed by atoms with Crippen molar-refractivity contribution < 1.29 is 18.9 Å². The quantitative estimate of drug-likeness (QED) is 0.312. The number of carbonyl (C=O) groups excluding carboxylic acids is 1. The number of benzene rings is 1. The smallest absolute Gasteiger partial charge is 0.270 e. The molecule has 28 heavy (non-hydrogen) atoms. The van der Waals surface area contributed by atoms with Crippen LogP contribution in [0.25, 0.3) is 17.4 Å². The lowest BCUT2D eigenvalue weighted by molar-refractivity contribution is -0.384. The Labute approximate surface area is 169 Å². The number of carbonyl (C=O) groups is 1. The van der Waals surface area contributed by atoms with Gasteiger partial charge in [0, 0.05) is 41.4 Å². The highest BCUT2D eigenvalue weighted by atomic mass is 79.9. The molecule has 9 heteroatoms. The molecule has 1 saturated heterocycles. The maximum Gasteiger partial charge on any atom is 0.270 e. The number of hydrogen-bond acceptors (Lipinski definition) is 6. The van der Waals surface area contributed by atoms with Gasteiger partial charge in [0.2, 0.25) is 0 Å². The van der Waals surface area contributed by atoms with Crippen LogP contribution >= 0.6 is 15.9 Å². The zero-order valence-electron chi connectivity index (χ0n) is 14.7. The number of amides is 1. The van der Waals surface area contributed by atoms with Crippen LogP contribution in [0.5, 0.6) is 0 Å². The monoisotopic (exact) mass is 445 g/mol. The summed E-state index contributed by atoms with van der Waals surface area (Å²) in [6.07, 6.45) is 3.19. The molecule has 0 spiro atoms. The van der Waals surface area contributed by atoms with Crippen molar-refractivity contribution in [2.24, 2.45) is 0 Å². The molecular weight excluding hydrogens is 430 g/mol. The van der Waals surface area contributed by atoms with Crippen LogP contribution in [-0.4, -0.2) is 30.1 Å². The van der Waals surface area contributed by atoms with Crippen LogP contribution in [0.4, 0.5) is 5.69 Å². The van der Waals surface area contributed by atoms with E-state index in [-0.39, 0.29) is 17.4 Å². The third-order valence-electron chi connectivity index (χ3n) is 4.22. The van der Waals surface area contributed by atoms with Gasteiger partial charge in [-0.2, -0.15) is 5.26 Å². The summed E-state index contributed by atoms with van der Waals surface area (Å²) in [5.74, 6) is 0.279. The number of nitrogens with zero attached hydrogens (tertiary/aromatic N) is 2. The standard InChI is InChI=1S/C19H16BrN3O5/c20-17-9-13(23(25)26)3-5-16(17)18-6-4-14(28-18)8-12(10-21)19(24)22-11-15-2-1-7-27-15/h3-6,8-9,15H,1-2,7,11H2,(H,22,24)/b12-8+/t15-/m0/s1. The molecule has 1 N–H and O–H groups in total. The number of furan rings is 1. The Bertz CT molecular complexity index is 970. The van der Waals surface area contributed by atoms with Crippen molar-refractivity contribution in [1.29, 1.82) is 5.26 Å². The first kappa shape index (κ1) is 19.8. The minimum Gasteiger partial charge on any atom is -0.457 e. The molecule has 144 valence electrons. The number of nitriles is 1. The van der Waals surface area contributed by atoms with E-state index in [1.165, 1.54) is 18.2 Å². The lowest BCUT2D eigenvalue weighted by Crippen LogP contribution is -2.32. The van der Waals surface area contributed by atoms with Gasteiger partial charge in [-0.25, -0.2) is 0 Å². The van der Waals surface area contributed by atoms with Crippen molar-refractivity contribution in [3.05, 3.63) is 56.3 Å². The second kappa shape index (κ2) is 8.82. The van der Waals surface area contributed by atoms with E-state index in [0.717, 1.165) is 12.8 Å². The summed E-state index contributed by atoms with van der Waals surface area (Å²) < 4.78 is 11.6. The van der Waals surface area contributed by atoms with Crippen molar-refractivity contribution >= 4 is 33.6 Å². The largest absolute Gasteiger partial charge is 0.457 e. The number of nitro groups is 1. The molecule has 3 rings (SSSR count). The number of non-ortho nitro benzene ring substituents is 1. The Kier molecular flexibility index (Phi) is 6.23. The lowest BCUT2D eigenvalue weighted by Gasteiger charge is -2.09. The average Bonchev–Trinajstić information content (AvgIpc) is 3.36. The predicted molar refractivity (Wildman–Crippen MR) is 104 cm³/mol. The van der Waals surface area contributed by atoms with E-state index in [2.05, 4.69) is 21.2 Å². The number of nitro benzene ring substituents is 1. The van der Waals surface area contributed by atoms with Crippen molar-refractivity contribution in [3.8, 4) is 17.4 Å². The van der Waals surface area contributed by atoms with E-state index in [9.17, 15) is 20.2 Å². The topological polar surface area (TPSA) is 118 Å². The fourth-order valence-corrected chi connectivity index (χ4v) is 3.35. The molecular formula is C19H16BrN3O5. The lowest BCUT2D eigenvalue weighted by atomic mass is 10.1. The average molecular weight is 446 g/mol. The second-order valence-corrected chi connectivity index (χ2v) is 6.99. The molecule has 0 unspecified atom stereocenters. The molecule has 1 amide bonds. The van der Waals surface area contributed by atoms with Gasteiger partial charge in [-0.3, -0.25) is 14.9 Å². The summed E-state index contributed by atoms with van der Waals surface area (Å²) in [5, 5.41) is 22.8. The van der Waals surface area contributed by atoms with E-state index in [1.807, 2.05) is 6.07 Å². The highest BCUT2D eigenvalue weighted by Crippen LogP contribution is 2.33. The first-order valence-electron chi connectivity index (χ1n) is 8.53. The molecule has 1 aromatic heterocycles. The molecule has 1 aliphatic rings. The van der Waals surface area contributed by atoms with E-state index in [4.69, 9.17) is 9.15 Å². The summed E-state index contributed by atoms with van der Waals surface area (Å²) in [7, 11) is 0. The van der Waals surface area contributed by atoms with E-state index in [1.54, 1.807) is 18.2 Å². The van der Waals surface area contributed by atoms with Crippen LogP contribution in [0.1, 0.15) is 18.6 Å². The highest BCUT2D eigenvalue weighted by molar-refractivity contribution is 9.10. The number of ether oxygens (including phenoxy) is 1. The molecule has 1 atom stereocenters. The Morgan fingerprint density at radius 2 is 2.25 bits per heavy atom. The van der Waals surface area contributed by atoms with Gasteiger partial charge in [-0.05, 0) is 47.0 Å². The normalized spacial score (nSPS) is 16.6. The van der Waals surface area contributed by atoms with Gasteiger partial charge in [0.05, 0.1) is 11.0 Å². The summed E-state index contributed by atoms with van der Waals surface area (Å²) in [5.41, 5.74) is 0.491. The summed E-state index contributed by atoms with van der Waals surface area (Å²) in [6.45, 7) is 1.05. The van der Waals surface area contributed by atoms with Crippen LogP contribution in [-0.2, 0) is 9.53 Å². The molecule has 0 aliphatic carbocycles. The predicted octanol–water partition coefficient (Wildman–Crippen LogP) is 3.82. The van der Waals surface area contributed by atoms with Gasteiger partial charge >= 0.3 is 0 Å². The number of halogens is 1. The van der Waals surface area contributed by atoms with Crippen molar-refractivity contribution in [3.63, 3.8) is 0 Å². The number of hydrogen-bond donors (Lipinski definition) is 1. The van der Waals surface area contributed by atoms with E-state index < -0.39 is 10.8 Å². The zero-order valence-corrected chi connectivity index (χ0v) is 16.3. The van der Waals surface area contributed by atoms with Crippen molar-refractivity contribution in [1.82, 2.24) is 5.32 Å². The van der Waals surface area contributed by atoms with E-state index >= 15 is 0 Å². The molecule has 2 aromatic rings. The van der Waals surface area contributed by atoms with Gasteiger partial charge in [-0.15, -0.1) is 0 Å². The minimum absolute atomic E-state index is 0.0152. The Morgan fingerprint density at radius 1 is 1.43 bits per heavy atom. The van der Waals surface area contributed by atoms with Crippen LogP contribution in [0, 0.1) is 21.4 Å². The van der Waals surface area contributed by atoms with Crippen LogP contribution in [0.15, 0.2) is 44.8 Å². The third kappa shape index (κ3) is 4.65. The summed E-state index contributed by atoms with van der Waals surface area (Å²) in [6, 6.07) is 9.47. The van der Waals surface area contributed by atoms with Gasteiger partial charge in [0.15, 0.2) is 0 Å². The van der Waals surface area contributed by atoms with Crippen molar-refractivity contribution in [2.75, 3.05) is 13.2 Å². The molecule has 1 fully saturated rings. The summed E-state index contributed by atoms with van der Waals surface area (Å²) >= 11 is 3.29. The SMILES string of the molecule is N#C/C(=C\c1ccc(-c2ccc([N+](=O)[O-])cc2Br)o1)C(=O)NC[C@@H]1CCCO1. The number of rotatable bonds is 6. The fourth-order valence-electron chi connectivity index (χ4n) is 2.79. The van der Waals surface area contributed by atoms with Crippen LogP contribution < -0.4 is 5.32 Å². The molecule has 0 radical (unpaired) electrons. The zero-order chi connectivity index (χ0) is 20.1. The molecule has 0 bridgehead atoms. The van der Waals surface area contributed by atoms with E-state index in [0.29, 0.717) is 34.7 Å². The van der Waals surface area contributed by atoms with Crippen molar-refractivity contribution in [2.45, 2.75) is 18.9 Å². The maximum atomic E-state index is 12.2. The van der Waals surface area contributed by atoms with Crippen LogP contribution in [0.2, 0.25) is 0 Å². The molecule has 2 heterocycles. The first-order chi connectivity index (χ1) is 13.5. The second-order valence-electron chi connectivity index (χ2n) is 6.14. The molecule has 1 aliphatic heterocycles. The third-order valence-corrected chi connectivity index (χ3v) is 4.88. The summed E-state index contributed by atoms with van der Waals surface area (Å²) in [4.78, 5) is 22.5. The van der Waals surface area contributed by atoms with Gasteiger partial charge in [0.1, 0.15) is 23.2 Å². The highest BCUT2D eigenvalue weighted by Gasteiger charge is 2.18. The van der Waals surface area contributed by atoms with Gasteiger partial charge in [-0.1, -0.05) is 0 Å². The molecule has 8 nitrogen and oxygen atoms in total. The first-order valence-corrected chi connectivity index (χ1v) is 9.33. The fraction of sp³-hybridized carbons (Fsp3) is 0.263. The maximum absolute atomic E-state index is 12.2. The molecule has 1 aromatic carbocycles. The molecule has 0 saturated carbocycles. The van der Waals surface area contributed by atoms with Gasteiger partial charge in [0.25, 0.3) is 11.6 Å². The minimum atomic E-state index is -0.493. The Balaban J connectivity index is 1.73. The Hall–Kier alpha value is -2.96. The van der Waals surface area contributed by atoms with Gasteiger partial charge < -0.3 is 14.5 Å². The number of nitrogens with one attached hydrogen (secondary N) is 1. The van der Waals surface area contributed by atoms with Crippen LogP contribution in [0.3, 0.4) is 0 Å².